The van der Waals surface area contributed by atoms with Gasteiger partial charge in [-0.05, 0) is 36.9 Å². The maximum absolute atomic E-state index is 13.6. The molecule has 0 atom stereocenters. The highest BCUT2D eigenvalue weighted by Crippen LogP contribution is 2.19. The van der Waals surface area contributed by atoms with Crippen molar-refractivity contribution in [1.29, 1.82) is 0 Å². The van der Waals surface area contributed by atoms with Crippen molar-refractivity contribution in [1.82, 2.24) is 4.90 Å². The summed E-state index contributed by atoms with van der Waals surface area (Å²) < 4.78 is 14.5. The van der Waals surface area contributed by atoms with Crippen LogP contribution in [-0.4, -0.2) is 11.9 Å². The summed E-state index contributed by atoms with van der Waals surface area (Å²) in [4.78, 5) is 2.06. The van der Waals surface area contributed by atoms with Crippen LogP contribution in [0.2, 0.25) is 0 Å². The summed E-state index contributed by atoms with van der Waals surface area (Å²) in [7, 11) is 1.96. The minimum Gasteiger partial charge on any atom is -0.399 e. The van der Waals surface area contributed by atoms with Crippen molar-refractivity contribution in [3.05, 3.63) is 63.9 Å². The third kappa shape index (κ3) is 4.04. The second-order valence-electron chi connectivity index (χ2n) is 4.66. The summed E-state index contributed by atoms with van der Waals surface area (Å²) in [6.45, 7) is 1.29. The number of nitrogens with zero attached hydrogens (tertiary/aromatic N) is 1. The maximum atomic E-state index is 13.6. The van der Waals surface area contributed by atoms with Crippen LogP contribution in [0.1, 0.15) is 11.1 Å². The zero-order chi connectivity index (χ0) is 13.8. The Labute approximate surface area is 121 Å². The molecule has 0 aromatic heterocycles. The molecule has 2 nitrogen and oxygen atoms in total. The molecule has 0 saturated carbocycles. The standard InChI is InChI=1S/C15H16BrFN2/c1-19(10-12-4-2-3-5-15(12)17)9-11-6-13(16)8-14(18)7-11/h2-8H,9-10,18H2,1H3. The molecule has 0 aliphatic rings. The van der Waals surface area contributed by atoms with Gasteiger partial charge in [-0.3, -0.25) is 4.90 Å². The van der Waals surface area contributed by atoms with Crippen molar-refractivity contribution >= 4 is 21.6 Å². The van der Waals surface area contributed by atoms with E-state index in [0.29, 0.717) is 12.1 Å². The van der Waals surface area contributed by atoms with Crippen molar-refractivity contribution in [2.45, 2.75) is 13.1 Å². The molecule has 0 aliphatic carbocycles. The lowest BCUT2D eigenvalue weighted by Crippen LogP contribution is -2.18. The van der Waals surface area contributed by atoms with Gasteiger partial charge in [-0.25, -0.2) is 4.39 Å². The van der Waals surface area contributed by atoms with Crippen molar-refractivity contribution in [3.8, 4) is 0 Å². The normalized spacial score (nSPS) is 10.9. The molecule has 0 aliphatic heterocycles. The monoisotopic (exact) mass is 322 g/mol. The fraction of sp³-hybridized carbons (Fsp3) is 0.200. The summed E-state index contributed by atoms with van der Waals surface area (Å²) in [5.74, 6) is -0.164. The minimum absolute atomic E-state index is 0.164. The van der Waals surface area contributed by atoms with E-state index in [2.05, 4.69) is 20.8 Å². The zero-order valence-corrected chi connectivity index (χ0v) is 12.3. The van der Waals surface area contributed by atoms with Gasteiger partial charge in [0.05, 0.1) is 0 Å². The van der Waals surface area contributed by atoms with E-state index in [1.54, 1.807) is 12.1 Å². The van der Waals surface area contributed by atoms with E-state index in [9.17, 15) is 4.39 Å². The van der Waals surface area contributed by atoms with Gasteiger partial charge in [0.2, 0.25) is 0 Å². The van der Waals surface area contributed by atoms with Gasteiger partial charge >= 0.3 is 0 Å². The quantitative estimate of drug-likeness (QED) is 0.867. The number of rotatable bonds is 4. The van der Waals surface area contributed by atoms with Crippen LogP contribution in [0.25, 0.3) is 0 Å². The molecular weight excluding hydrogens is 307 g/mol. The van der Waals surface area contributed by atoms with Crippen LogP contribution in [0.4, 0.5) is 10.1 Å². The van der Waals surface area contributed by atoms with Gasteiger partial charge in [-0.1, -0.05) is 34.1 Å². The average Bonchev–Trinajstić information content (AvgIpc) is 2.30. The first-order valence-corrected chi connectivity index (χ1v) is 6.81. The van der Waals surface area contributed by atoms with Crippen LogP contribution < -0.4 is 5.73 Å². The fourth-order valence-corrected chi connectivity index (χ4v) is 2.61. The second kappa shape index (κ2) is 6.17. The van der Waals surface area contributed by atoms with E-state index in [1.807, 2.05) is 31.3 Å². The molecule has 100 valence electrons. The lowest BCUT2D eigenvalue weighted by atomic mass is 10.1. The minimum atomic E-state index is -0.164. The third-order valence-electron chi connectivity index (χ3n) is 2.83. The molecule has 0 amide bonds. The summed E-state index contributed by atoms with van der Waals surface area (Å²) in [6.07, 6.45) is 0. The van der Waals surface area contributed by atoms with Gasteiger partial charge in [-0.2, -0.15) is 0 Å². The molecular formula is C15H16BrFN2. The number of benzene rings is 2. The number of hydrogen-bond acceptors (Lipinski definition) is 2. The van der Waals surface area contributed by atoms with Gasteiger partial charge in [0.25, 0.3) is 0 Å². The predicted octanol–water partition coefficient (Wildman–Crippen LogP) is 3.80. The molecule has 0 unspecified atom stereocenters. The highest BCUT2D eigenvalue weighted by atomic mass is 79.9. The van der Waals surface area contributed by atoms with Crippen molar-refractivity contribution in [2.75, 3.05) is 12.8 Å². The van der Waals surface area contributed by atoms with E-state index in [1.165, 1.54) is 6.07 Å². The topological polar surface area (TPSA) is 29.3 Å². The van der Waals surface area contributed by atoms with E-state index >= 15 is 0 Å². The maximum Gasteiger partial charge on any atom is 0.127 e. The molecule has 2 rings (SSSR count). The van der Waals surface area contributed by atoms with Crippen molar-refractivity contribution in [3.63, 3.8) is 0 Å². The Bertz CT molecular complexity index is 552. The zero-order valence-electron chi connectivity index (χ0n) is 10.7. The lowest BCUT2D eigenvalue weighted by molar-refractivity contribution is 0.313. The molecule has 0 radical (unpaired) electrons. The van der Waals surface area contributed by atoms with Gasteiger partial charge in [0.15, 0.2) is 0 Å². The Kier molecular flexibility index (Phi) is 4.56. The molecule has 0 bridgehead atoms. The molecule has 0 saturated heterocycles. The second-order valence-corrected chi connectivity index (χ2v) is 5.57. The smallest absolute Gasteiger partial charge is 0.127 e. The Hall–Kier alpha value is -1.39. The van der Waals surface area contributed by atoms with E-state index in [4.69, 9.17) is 5.73 Å². The largest absolute Gasteiger partial charge is 0.399 e. The van der Waals surface area contributed by atoms with Crippen LogP contribution in [0, 0.1) is 5.82 Å². The first-order chi connectivity index (χ1) is 9.04. The summed E-state index contributed by atoms with van der Waals surface area (Å²) in [5.41, 5.74) is 8.33. The van der Waals surface area contributed by atoms with Crippen LogP contribution in [0.5, 0.6) is 0 Å². The van der Waals surface area contributed by atoms with E-state index in [0.717, 1.165) is 22.3 Å². The molecule has 0 spiro atoms. The van der Waals surface area contributed by atoms with Crippen LogP contribution in [0.3, 0.4) is 0 Å². The van der Waals surface area contributed by atoms with Crippen LogP contribution >= 0.6 is 15.9 Å². The molecule has 0 heterocycles. The number of nitrogens with two attached hydrogens (primary N) is 1. The molecule has 2 aromatic rings. The Morgan fingerprint density at radius 3 is 2.58 bits per heavy atom. The first kappa shape index (κ1) is 14.0. The number of hydrogen-bond donors (Lipinski definition) is 1. The molecule has 19 heavy (non-hydrogen) atoms. The van der Waals surface area contributed by atoms with Gasteiger partial charge in [0.1, 0.15) is 5.82 Å². The van der Waals surface area contributed by atoms with Crippen LogP contribution in [0.15, 0.2) is 46.9 Å². The summed E-state index contributed by atoms with van der Waals surface area (Å²) >= 11 is 3.42. The fourth-order valence-electron chi connectivity index (χ4n) is 2.05. The first-order valence-electron chi connectivity index (χ1n) is 6.01. The summed E-state index contributed by atoms with van der Waals surface area (Å²) in [6, 6.07) is 12.7. The number of halogens is 2. The van der Waals surface area contributed by atoms with Gasteiger partial charge in [-0.15, -0.1) is 0 Å². The Morgan fingerprint density at radius 2 is 1.89 bits per heavy atom. The number of nitrogen functional groups attached to an aromatic ring is 1. The van der Waals surface area contributed by atoms with E-state index < -0.39 is 0 Å². The Balaban J connectivity index is 2.05. The lowest BCUT2D eigenvalue weighted by Gasteiger charge is -2.17. The van der Waals surface area contributed by atoms with Crippen molar-refractivity contribution in [2.24, 2.45) is 0 Å². The Morgan fingerprint density at radius 1 is 1.16 bits per heavy atom. The van der Waals surface area contributed by atoms with Crippen molar-refractivity contribution < 1.29 is 4.39 Å². The van der Waals surface area contributed by atoms with E-state index in [-0.39, 0.29) is 5.82 Å². The number of anilines is 1. The SMILES string of the molecule is CN(Cc1cc(N)cc(Br)c1)Cc1ccccc1F. The molecule has 0 fully saturated rings. The molecule has 2 N–H and O–H groups in total. The third-order valence-corrected chi connectivity index (χ3v) is 3.29. The highest BCUT2D eigenvalue weighted by Gasteiger charge is 2.06. The highest BCUT2D eigenvalue weighted by molar-refractivity contribution is 9.10. The molecule has 4 heteroatoms. The van der Waals surface area contributed by atoms with Crippen LogP contribution in [-0.2, 0) is 13.1 Å². The van der Waals surface area contributed by atoms with Gasteiger partial charge in [0, 0.05) is 28.8 Å². The average molecular weight is 323 g/mol. The molecule has 2 aromatic carbocycles. The van der Waals surface area contributed by atoms with Gasteiger partial charge < -0.3 is 5.73 Å². The predicted molar refractivity (Wildman–Crippen MR) is 80.1 cm³/mol. The summed E-state index contributed by atoms with van der Waals surface area (Å²) in [5, 5.41) is 0.